The van der Waals surface area contributed by atoms with Gasteiger partial charge in [0.15, 0.2) is 16.1 Å². The molecule has 8 heteroatoms. The quantitative estimate of drug-likeness (QED) is 0.243. The van der Waals surface area contributed by atoms with Crippen LogP contribution < -0.4 is 9.62 Å². The van der Waals surface area contributed by atoms with Crippen LogP contribution in [0.3, 0.4) is 0 Å². The highest BCUT2D eigenvalue weighted by Crippen LogP contribution is 2.37. The molecule has 0 aliphatic carbocycles. The molecular weight excluding hydrogens is 534 g/mol. The van der Waals surface area contributed by atoms with E-state index in [0.29, 0.717) is 11.4 Å². The lowest BCUT2D eigenvalue weighted by atomic mass is 10.1. The minimum absolute atomic E-state index is 0.469. The van der Waals surface area contributed by atoms with E-state index in [1.807, 2.05) is 68.5 Å². The van der Waals surface area contributed by atoms with Gasteiger partial charge >= 0.3 is 0 Å². The van der Waals surface area contributed by atoms with Gasteiger partial charge < -0.3 is 10.1 Å². The summed E-state index contributed by atoms with van der Waals surface area (Å²) in [5.74, 6) is 0. The fourth-order valence-electron chi connectivity index (χ4n) is 4.05. The van der Waals surface area contributed by atoms with E-state index < -0.39 is 11.0 Å². The van der Waals surface area contributed by atoms with Crippen molar-refractivity contribution < 1.29 is 9.00 Å². The average Bonchev–Trinajstić information content (AvgIpc) is 3.54. The van der Waals surface area contributed by atoms with Gasteiger partial charge in [0, 0.05) is 35.5 Å². The number of nitrogens with one attached hydrogen (secondary N) is 1. The van der Waals surface area contributed by atoms with Crippen LogP contribution in [-0.4, -0.2) is 29.1 Å². The molecule has 1 atom stereocenters. The van der Waals surface area contributed by atoms with Crippen molar-refractivity contribution in [1.82, 2.24) is 4.98 Å². The maximum absolute atomic E-state index is 13.1. The number of carbonyl (C=O) groups is 1. The fourth-order valence-corrected chi connectivity index (χ4v) is 6.35. The first-order chi connectivity index (χ1) is 18.4. The molecule has 5 rings (SSSR count). The number of fused-ring (bicyclic) bond motifs is 1. The van der Waals surface area contributed by atoms with Crippen molar-refractivity contribution in [2.24, 2.45) is 0 Å². The summed E-state index contributed by atoms with van der Waals surface area (Å²) in [5, 5.41) is 4.75. The molecule has 1 aliphatic heterocycles. The number of rotatable bonds is 6. The number of thiazole rings is 1. The molecule has 1 aliphatic rings. The number of halogens is 1. The topological polar surface area (TPSA) is 62.3 Å². The average molecular weight is 568 g/mol. The maximum Gasteiger partial charge on any atom is 0.183 e. The summed E-state index contributed by atoms with van der Waals surface area (Å²) in [4.78, 5) is 16.8. The van der Waals surface area contributed by atoms with E-state index in [1.54, 1.807) is 23.5 Å². The molecule has 2 heterocycles. The summed E-state index contributed by atoms with van der Waals surface area (Å²) in [5.41, 5.74) is 6.52. The Morgan fingerprint density at radius 1 is 1.08 bits per heavy atom. The summed E-state index contributed by atoms with van der Waals surface area (Å²) in [6, 6.07) is 21.5. The van der Waals surface area contributed by atoms with Gasteiger partial charge in [-0.05, 0) is 67.3 Å². The molecule has 5 nitrogen and oxygen atoms in total. The lowest BCUT2D eigenvalue weighted by Gasteiger charge is -2.19. The van der Waals surface area contributed by atoms with Crippen LogP contribution >= 0.6 is 22.9 Å². The van der Waals surface area contributed by atoms with Crippen LogP contribution in [0.25, 0.3) is 11.3 Å². The van der Waals surface area contributed by atoms with E-state index in [4.69, 9.17) is 11.6 Å². The Morgan fingerprint density at radius 2 is 1.79 bits per heavy atom. The Bertz CT molecular complexity index is 1390. The number of nitrogens with zero attached hydrogens (tertiary/aromatic N) is 2. The number of hydrogen-bond acceptors (Lipinski definition) is 5. The minimum Gasteiger partial charge on any atom is -0.365 e. The van der Waals surface area contributed by atoms with Crippen LogP contribution in [0.5, 0.6) is 0 Å². The molecule has 0 amide bonds. The monoisotopic (exact) mass is 567 g/mol. The van der Waals surface area contributed by atoms with Crippen LogP contribution in [0.15, 0.2) is 71.6 Å². The van der Waals surface area contributed by atoms with Gasteiger partial charge in [0.1, 0.15) is 6.29 Å². The SMILES string of the molecule is CC.CNc1nc(-c2ccc3c(c2)CCN3S(=O)c2ccccc2C)c(C)s1.O=CCc1ccc(Cl)cc1. The van der Waals surface area contributed by atoms with Crippen molar-refractivity contribution in [1.29, 1.82) is 0 Å². The highest BCUT2D eigenvalue weighted by atomic mass is 35.5. The van der Waals surface area contributed by atoms with Crippen molar-refractivity contribution in [3.63, 3.8) is 0 Å². The predicted molar refractivity (Wildman–Crippen MR) is 163 cm³/mol. The third-order valence-electron chi connectivity index (χ3n) is 5.93. The second-order valence-corrected chi connectivity index (χ2v) is 11.4. The lowest BCUT2D eigenvalue weighted by molar-refractivity contribution is -0.107. The molecule has 0 saturated carbocycles. The number of carbonyl (C=O) groups excluding carboxylic acids is 1. The molecule has 0 radical (unpaired) electrons. The summed E-state index contributed by atoms with van der Waals surface area (Å²) in [6.07, 6.45) is 2.25. The molecule has 1 unspecified atom stereocenters. The molecule has 4 aromatic rings. The number of benzene rings is 3. The largest absolute Gasteiger partial charge is 0.365 e. The molecule has 3 aromatic carbocycles. The smallest absolute Gasteiger partial charge is 0.183 e. The van der Waals surface area contributed by atoms with Crippen molar-refractivity contribution in [3.8, 4) is 11.3 Å². The second-order valence-electron chi connectivity index (χ2n) is 8.38. The Hall–Kier alpha value is -3.00. The van der Waals surface area contributed by atoms with Gasteiger partial charge in [0.2, 0.25) is 0 Å². The Morgan fingerprint density at radius 3 is 2.42 bits per heavy atom. The van der Waals surface area contributed by atoms with E-state index in [2.05, 4.69) is 35.4 Å². The lowest BCUT2D eigenvalue weighted by Crippen LogP contribution is -2.23. The van der Waals surface area contributed by atoms with E-state index >= 15 is 0 Å². The Labute approximate surface area is 237 Å². The first-order valence-corrected chi connectivity index (χ1v) is 14.9. The van der Waals surface area contributed by atoms with E-state index in [1.165, 1.54) is 10.4 Å². The number of aryl methyl sites for hydroxylation is 2. The summed E-state index contributed by atoms with van der Waals surface area (Å²) >= 11 is 7.29. The van der Waals surface area contributed by atoms with Crippen LogP contribution in [0.2, 0.25) is 5.02 Å². The van der Waals surface area contributed by atoms with Gasteiger partial charge in [0.05, 0.1) is 16.3 Å². The maximum atomic E-state index is 13.1. The normalized spacial score (nSPS) is 12.4. The zero-order valence-corrected chi connectivity index (χ0v) is 24.8. The Balaban J connectivity index is 0.000000280. The predicted octanol–water partition coefficient (Wildman–Crippen LogP) is 7.66. The fraction of sp³-hybridized carbons (Fsp3) is 0.267. The number of anilines is 2. The molecule has 0 saturated heterocycles. The van der Waals surface area contributed by atoms with Crippen molar-refractivity contribution >= 4 is 51.0 Å². The molecule has 38 heavy (non-hydrogen) atoms. The zero-order chi connectivity index (χ0) is 27.7. The molecule has 0 spiro atoms. The second kappa shape index (κ2) is 14.2. The summed E-state index contributed by atoms with van der Waals surface area (Å²) in [7, 11) is 0.718. The third-order valence-corrected chi connectivity index (χ3v) is 8.78. The van der Waals surface area contributed by atoms with Crippen LogP contribution in [0.1, 0.15) is 35.4 Å². The van der Waals surface area contributed by atoms with Crippen molar-refractivity contribution in [2.45, 2.75) is 45.4 Å². The number of aldehydes is 1. The molecule has 0 bridgehead atoms. The van der Waals surface area contributed by atoms with Crippen LogP contribution in [0, 0.1) is 13.8 Å². The first kappa shape index (κ1) is 29.6. The minimum atomic E-state index is -1.17. The molecule has 0 fully saturated rings. The van der Waals surface area contributed by atoms with Gasteiger partial charge in [-0.2, -0.15) is 0 Å². The van der Waals surface area contributed by atoms with Crippen LogP contribution in [0.4, 0.5) is 10.8 Å². The molecule has 200 valence electrons. The molecule has 1 N–H and O–H groups in total. The van der Waals surface area contributed by atoms with Gasteiger partial charge in [-0.25, -0.2) is 9.19 Å². The van der Waals surface area contributed by atoms with Gasteiger partial charge in [-0.1, -0.05) is 61.8 Å². The van der Waals surface area contributed by atoms with Gasteiger partial charge in [-0.15, -0.1) is 11.3 Å². The zero-order valence-electron chi connectivity index (χ0n) is 22.5. The van der Waals surface area contributed by atoms with Crippen LogP contribution in [-0.2, 0) is 28.6 Å². The van der Waals surface area contributed by atoms with Gasteiger partial charge in [0.25, 0.3) is 0 Å². The van der Waals surface area contributed by atoms with E-state index in [9.17, 15) is 9.00 Å². The van der Waals surface area contributed by atoms with Crippen molar-refractivity contribution in [3.05, 3.63) is 93.3 Å². The van der Waals surface area contributed by atoms with Gasteiger partial charge in [-0.3, -0.25) is 4.31 Å². The van der Waals surface area contributed by atoms with E-state index in [0.717, 1.165) is 57.4 Å². The molecule has 1 aromatic heterocycles. The summed E-state index contributed by atoms with van der Waals surface area (Å²) in [6.45, 7) is 8.88. The Kier molecular flexibility index (Phi) is 11.1. The summed E-state index contributed by atoms with van der Waals surface area (Å²) < 4.78 is 15.1. The highest BCUT2D eigenvalue weighted by Gasteiger charge is 2.26. The number of hydrogen-bond donors (Lipinski definition) is 1. The van der Waals surface area contributed by atoms with E-state index in [-0.39, 0.29) is 0 Å². The standard InChI is InChI=1S/C20H21N3OS2.C8H7ClO.C2H6/c1-13-6-4-5-7-18(13)26(24)23-11-10-15-12-16(8-9-17(15)23)19-14(2)25-20(21-3)22-19;9-8-3-1-7(2-4-8)5-6-10;1-2/h4-9,12H,10-11H2,1-3H3,(H,21,22);1-4,6H,5H2;1-2H3. The van der Waals surface area contributed by atoms with Crippen molar-refractivity contribution in [2.75, 3.05) is 23.2 Å². The first-order valence-electron chi connectivity index (χ1n) is 12.6. The molecular formula is C30H34ClN3O2S2. The third kappa shape index (κ3) is 7.10. The highest BCUT2D eigenvalue weighted by molar-refractivity contribution is 7.86. The number of aromatic nitrogens is 1.